The first-order chi connectivity index (χ1) is 13.2. The predicted octanol–water partition coefficient (Wildman–Crippen LogP) is 5.10. The van der Waals surface area contributed by atoms with Gasteiger partial charge in [0, 0.05) is 48.7 Å². The van der Waals surface area contributed by atoms with Crippen molar-refractivity contribution < 1.29 is 4.63 Å². The molecule has 0 N–H and O–H groups in total. The van der Waals surface area contributed by atoms with E-state index in [1.165, 1.54) is 11.4 Å². The monoisotopic (exact) mass is 364 g/mol. The van der Waals surface area contributed by atoms with Crippen molar-refractivity contribution >= 4 is 11.4 Å². The Balaban J connectivity index is 1.88. The Morgan fingerprint density at radius 1 is 0.593 bits per heavy atom. The van der Waals surface area contributed by atoms with Crippen LogP contribution in [0.15, 0.2) is 53.2 Å². The van der Waals surface area contributed by atoms with Gasteiger partial charge < -0.3 is 9.80 Å². The number of hydrogen-bond donors (Lipinski definition) is 0. The normalized spacial score (nSPS) is 10.8. The Kier molecular flexibility index (Phi) is 6.12. The van der Waals surface area contributed by atoms with E-state index >= 15 is 0 Å². The zero-order valence-electron chi connectivity index (χ0n) is 16.6. The van der Waals surface area contributed by atoms with Crippen LogP contribution in [0.1, 0.15) is 27.7 Å². The van der Waals surface area contributed by atoms with Crippen molar-refractivity contribution in [3.05, 3.63) is 48.5 Å². The SMILES string of the molecule is CCN(CC)c1ccc(-c2nonc2-c2ccc(N(CC)CC)cc2)cc1. The Bertz CT molecular complexity index is 762. The van der Waals surface area contributed by atoms with Crippen LogP contribution in [0.3, 0.4) is 0 Å². The lowest BCUT2D eigenvalue weighted by molar-refractivity contribution is 0.310. The molecular formula is C22H28N4O. The van der Waals surface area contributed by atoms with E-state index in [0.717, 1.165) is 48.7 Å². The molecule has 0 amide bonds. The molecule has 0 saturated heterocycles. The van der Waals surface area contributed by atoms with Crippen molar-refractivity contribution in [3.8, 4) is 22.5 Å². The molecule has 3 rings (SSSR count). The molecule has 0 unspecified atom stereocenters. The summed E-state index contributed by atoms with van der Waals surface area (Å²) in [6.07, 6.45) is 0. The summed E-state index contributed by atoms with van der Waals surface area (Å²) >= 11 is 0. The van der Waals surface area contributed by atoms with Gasteiger partial charge in [0.2, 0.25) is 0 Å². The Morgan fingerprint density at radius 3 is 1.22 bits per heavy atom. The Morgan fingerprint density at radius 2 is 0.926 bits per heavy atom. The Labute approximate surface area is 161 Å². The second kappa shape index (κ2) is 8.71. The number of nitrogens with zero attached hydrogens (tertiary/aromatic N) is 4. The maximum Gasteiger partial charge on any atom is 0.143 e. The van der Waals surface area contributed by atoms with E-state index in [4.69, 9.17) is 4.63 Å². The van der Waals surface area contributed by atoms with Gasteiger partial charge in [-0.1, -0.05) is 24.3 Å². The fraction of sp³-hybridized carbons (Fsp3) is 0.364. The average Bonchev–Trinajstić information content (AvgIpc) is 3.21. The summed E-state index contributed by atoms with van der Waals surface area (Å²) in [5.41, 5.74) is 5.99. The maximum atomic E-state index is 5.07. The first kappa shape index (κ1) is 19.0. The van der Waals surface area contributed by atoms with Crippen LogP contribution in [-0.4, -0.2) is 36.5 Å². The van der Waals surface area contributed by atoms with Crippen molar-refractivity contribution in [1.29, 1.82) is 0 Å². The van der Waals surface area contributed by atoms with Gasteiger partial charge in [-0.2, -0.15) is 0 Å². The van der Waals surface area contributed by atoms with E-state index in [2.05, 4.69) is 96.3 Å². The van der Waals surface area contributed by atoms with Gasteiger partial charge in [-0.25, -0.2) is 4.63 Å². The van der Waals surface area contributed by atoms with Gasteiger partial charge in [-0.05, 0) is 62.3 Å². The second-order valence-electron chi connectivity index (χ2n) is 6.40. The zero-order chi connectivity index (χ0) is 19.2. The highest BCUT2D eigenvalue weighted by atomic mass is 16.6. The topological polar surface area (TPSA) is 45.4 Å². The van der Waals surface area contributed by atoms with Crippen LogP contribution in [-0.2, 0) is 0 Å². The van der Waals surface area contributed by atoms with E-state index in [-0.39, 0.29) is 0 Å². The van der Waals surface area contributed by atoms with Crippen LogP contribution in [0.4, 0.5) is 11.4 Å². The molecule has 0 saturated carbocycles. The minimum Gasteiger partial charge on any atom is -0.372 e. The lowest BCUT2D eigenvalue weighted by Crippen LogP contribution is -2.21. The van der Waals surface area contributed by atoms with E-state index < -0.39 is 0 Å². The third-order valence-corrected chi connectivity index (χ3v) is 5.03. The first-order valence-electron chi connectivity index (χ1n) is 9.75. The summed E-state index contributed by atoms with van der Waals surface area (Å²) in [6, 6.07) is 16.9. The molecule has 3 aromatic rings. The molecule has 5 heteroatoms. The van der Waals surface area contributed by atoms with Crippen molar-refractivity contribution in [2.45, 2.75) is 27.7 Å². The highest BCUT2D eigenvalue weighted by Crippen LogP contribution is 2.31. The van der Waals surface area contributed by atoms with Crippen molar-refractivity contribution in [2.24, 2.45) is 0 Å². The molecule has 142 valence electrons. The van der Waals surface area contributed by atoms with E-state index in [1.807, 2.05) is 0 Å². The third kappa shape index (κ3) is 3.97. The van der Waals surface area contributed by atoms with E-state index in [9.17, 15) is 0 Å². The molecule has 0 bridgehead atoms. The molecule has 0 radical (unpaired) electrons. The fourth-order valence-electron chi connectivity index (χ4n) is 3.41. The van der Waals surface area contributed by atoms with Crippen LogP contribution in [0, 0.1) is 0 Å². The quantitative estimate of drug-likeness (QED) is 0.557. The number of rotatable bonds is 8. The van der Waals surface area contributed by atoms with Crippen molar-refractivity contribution in [3.63, 3.8) is 0 Å². The molecule has 1 aromatic heterocycles. The predicted molar refractivity (Wildman–Crippen MR) is 112 cm³/mol. The maximum absolute atomic E-state index is 5.07. The number of aromatic nitrogens is 2. The first-order valence-corrected chi connectivity index (χ1v) is 9.75. The number of hydrogen-bond acceptors (Lipinski definition) is 5. The molecule has 0 aliphatic rings. The van der Waals surface area contributed by atoms with Gasteiger partial charge in [0.25, 0.3) is 0 Å². The highest BCUT2D eigenvalue weighted by Gasteiger charge is 2.15. The fourth-order valence-corrected chi connectivity index (χ4v) is 3.41. The van der Waals surface area contributed by atoms with Crippen molar-refractivity contribution in [2.75, 3.05) is 36.0 Å². The van der Waals surface area contributed by atoms with Gasteiger partial charge >= 0.3 is 0 Å². The number of anilines is 2. The molecule has 0 spiro atoms. The van der Waals surface area contributed by atoms with E-state index in [1.54, 1.807) is 0 Å². The Hall–Kier alpha value is -2.82. The molecule has 0 atom stereocenters. The molecule has 27 heavy (non-hydrogen) atoms. The van der Waals surface area contributed by atoms with Gasteiger partial charge in [0.15, 0.2) is 0 Å². The second-order valence-corrected chi connectivity index (χ2v) is 6.40. The van der Waals surface area contributed by atoms with Gasteiger partial charge in [0.1, 0.15) is 11.4 Å². The van der Waals surface area contributed by atoms with Crippen LogP contribution in [0.2, 0.25) is 0 Å². The van der Waals surface area contributed by atoms with Gasteiger partial charge in [-0.15, -0.1) is 0 Å². The molecule has 5 nitrogen and oxygen atoms in total. The summed E-state index contributed by atoms with van der Waals surface area (Å²) in [5, 5.41) is 8.31. The summed E-state index contributed by atoms with van der Waals surface area (Å²) < 4.78 is 5.07. The number of benzene rings is 2. The minimum atomic E-state index is 0.775. The third-order valence-electron chi connectivity index (χ3n) is 5.03. The van der Waals surface area contributed by atoms with Gasteiger partial charge in [0.05, 0.1) is 0 Å². The minimum absolute atomic E-state index is 0.775. The standard InChI is InChI=1S/C22H28N4O/c1-5-25(6-2)19-13-9-17(10-14-19)21-22(24-27-23-21)18-11-15-20(16-12-18)26(7-3)8-4/h9-16H,5-8H2,1-4H3. The summed E-state index contributed by atoms with van der Waals surface area (Å²) in [5.74, 6) is 0. The van der Waals surface area contributed by atoms with Crippen molar-refractivity contribution in [1.82, 2.24) is 10.3 Å². The largest absolute Gasteiger partial charge is 0.372 e. The summed E-state index contributed by atoms with van der Waals surface area (Å²) in [6.45, 7) is 12.6. The molecule has 1 heterocycles. The lowest BCUT2D eigenvalue weighted by atomic mass is 10.0. The molecule has 2 aromatic carbocycles. The molecular weight excluding hydrogens is 336 g/mol. The van der Waals surface area contributed by atoms with Crippen LogP contribution < -0.4 is 9.80 Å². The van der Waals surface area contributed by atoms with Crippen LogP contribution >= 0.6 is 0 Å². The zero-order valence-corrected chi connectivity index (χ0v) is 16.6. The molecule has 0 aliphatic heterocycles. The lowest BCUT2D eigenvalue weighted by Gasteiger charge is -2.21. The summed E-state index contributed by atoms with van der Waals surface area (Å²) in [4.78, 5) is 4.63. The highest BCUT2D eigenvalue weighted by molar-refractivity contribution is 5.78. The average molecular weight is 364 g/mol. The van der Waals surface area contributed by atoms with E-state index in [0.29, 0.717) is 0 Å². The molecule has 0 aliphatic carbocycles. The smallest absolute Gasteiger partial charge is 0.143 e. The molecule has 0 fully saturated rings. The van der Waals surface area contributed by atoms with Crippen LogP contribution in [0.25, 0.3) is 22.5 Å². The van der Waals surface area contributed by atoms with Crippen LogP contribution in [0.5, 0.6) is 0 Å². The van der Waals surface area contributed by atoms with Gasteiger partial charge in [-0.3, -0.25) is 0 Å². The summed E-state index contributed by atoms with van der Waals surface area (Å²) in [7, 11) is 0.